The SMILES string of the molecule is C1CC1c1noc([C@@H]2C[C@H]3C[C@H]3N2)n1.Cl. The molecule has 0 radical (unpaired) electrons. The van der Waals surface area contributed by atoms with Crippen LogP contribution < -0.4 is 5.32 Å². The summed E-state index contributed by atoms with van der Waals surface area (Å²) >= 11 is 0. The van der Waals surface area contributed by atoms with E-state index in [1.54, 1.807) is 0 Å². The number of hydrogen-bond donors (Lipinski definition) is 1. The summed E-state index contributed by atoms with van der Waals surface area (Å²) < 4.78 is 5.30. The quantitative estimate of drug-likeness (QED) is 0.837. The minimum absolute atomic E-state index is 0. The van der Waals surface area contributed by atoms with Crippen LogP contribution in [0.25, 0.3) is 0 Å². The van der Waals surface area contributed by atoms with Crippen molar-refractivity contribution < 1.29 is 4.52 Å². The second kappa shape index (κ2) is 3.19. The maximum absolute atomic E-state index is 5.30. The maximum atomic E-state index is 5.30. The summed E-state index contributed by atoms with van der Waals surface area (Å²) in [6, 6.07) is 1.09. The van der Waals surface area contributed by atoms with Gasteiger partial charge in [-0.25, -0.2) is 0 Å². The molecule has 2 heterocycles. The molecule has 4 nitrogen and oxygen atoms in total. The van der Waals surface area contributed by atoms with Gasteiger partial charge in [-0.3, -0.25) is 0 Å². The van der Waals surface area contributed by atoms with Gasteiger partial charge in [0.05, 0.1) is 6.04 Å². The van der Waals surface area contributed by atoms with Gasteiger partial charge in [0.1, 0.15) is 0 Å². The van der Waals surface area contributed by atoms with Crippen LogP contribution >= 0.6 is 12.4 Å². The number of halogens is 1. The molecule has 0 aromatic carbocycles. The zero-order chi connectivity index (χ0) is 9.12. The summed E-state index contributed by atoms with van der Waals surface area (Å²) in [5, 5.41) is 7.56. The molecule has 3 aliphatic rings. The normalized spacial score (nSPS) is 37.2. The fourth-order valence-electron chi connectivity index (χ4n) is 2.41. The molecule has 1 N–H and O–H groups in total. The third-order valence-corrected chi connectivity index (χ3v) is 3.57. The van der Waals surface area contributed by atoms with E-state index in [1.165, 1.54) is 25.7 Å². The van der Waals surface area contributed by atoms with Gasteiger partial charge in [-0.1, -0.05) is 5.16 Å². The molecule has 3 atom stereocenters. The second-order valence-corrected chi connectivity index (χ2v) is 4.82. The molecule has 1 aromatic rings. The Balaban J connectivity index is 0.000000722. The van der Waals surface area contributed by atoms with Crippen LogP contribution in [-0.4, -0.2) is 16.2 Å². The average Bonchev–Trinajstić information content (AvgIpc) is 3.10. The van der Waals surface area contributed by atoms with Crippen molar-refractivity contribution in [3.8, 4) is 0 Å². The number of fused-ring (bicyclic) bond motifs is 1. The van der Waals surface area contributed by atoms with Gasteiger partial charge in [-0.15, -0.1) is 12.4 Å². The van der Waals surface area contributed by atoms with Crippen LogP contribution in [0.15, 0.2) is 4.52 Å². The Kier molecular flexibility index (Phi) is 2.04. The van der Waals surface area contributed by atoms with Crippen molar-refractivity contribution >= 4 is 12.4 Å². The molecular weight excluding hydrogens is 214 g/mol. The molecule has 1 aromatic heterocycles. The highest BCUT2D eigenvalue weighted by atomic mass is 35.5. The average molecular weight is 228 g/mol. The first-order valence-electron chi connectivity index (χ1n) is 5.50. The van der Waals surface area contributed by atoms with Gasteiger partial charge in [0.25, 0.3) is 0 Å². The number of nitrogens with zero attached hydrogens (tertiary/aromatic N) is 2. The van der Waals surface area contributed by atoms with Crippen molar-refractivity contribution in [2.45, 2.75) is 43.7 Å². The lowest BCUT2D eigenvalue weighted by Crippen LogP contribution is -2.17. The van der Waals surface area contributed by atoms with Crippen LogP contribution in [0.2, 0.25) is 0 Å². The first kappa shape index (κ1) is 9.60. The molecule has 82 valence electrons. The van der Waals surface area contributed by atoms with E-state index in [0.717, 1.165) is 23.7 Å². The lowest BCUT2D eigenvalue weighted by molar-refractivity contribution is 0.332. The number of piperidine rings is 1. The van der Waals surface area contributed by atoms with E-state index in [-0.39, 0.29) is 12.4 Å². The van der Waals surface area contributed by atoms with Gasteiger partial charge in [-0.2, -0.15) is 4.98 Å². The molecular formula is C10H14ClN3O. The smallest absolute Gasteiger partial charge is 0.243 e. The van der Waals surface area contributed by atoms with Crippen LogP contribution in [0.5, 0.6) is 0 Å². The van der Waals surface area contributed by atoms with Crippen LogP contribution in [0, 0.1) is 5.92 Å². The minimum Gasteiger partial charge on any atom is -0.338 e. The summed E-state index contributed by atoms with van der Waals surface area (Å²) in [6.07, 6.45) is 5.02. The highest BCUT2D eigenvalue weighted by Gasteiger charge is 2.47. The van der Waals surface area contributed by atoms with Crippen LogP contribution in [0.4, 0.5) is 0 Å². The molecule has 5 heteroatoms. The van der Waals surface area contributed by atoms with E-state index < -0.39 is 0 Å². The second-order valence-electron chi connectivity index (χ2n) is 4.82. The molecule has 15 heavy (non-hydrogen) atoms. The van der Waals surface area contributed by atoms with Crippen LogP contribution in [0.1, 0.15) is 49.4 Å². The Morgan fingerprint density at radius 1 is 1.27 bits per heavy atom. The molecule has 4 rings (SSSR count). The van der Waals surface area contributed by atoms with E-state index in [9.17, 15) is 0 Å². The Morgan fingerprint density at radius 3 is 2.80 bits per heavy atom. The summed E-state index contributed by atoms with van der Waals surface area (Å²) in [5.74, 6) is 3.24. The molecule has 3 fully saturated rings. The Morgan fingerprint density at radius 2 is 2.13 bits per heavy atom. The first-order valence-corrected chi connectivity index (χ1v) is 5.50. The predicted octanol–water partition coefficient (Wildman–Crippen LogP) is 1.79. The molecule has 0 bridgehead atoms. The molecule has 1 aliphatic heterocycles. The van der Waals surface area contributed by atoms with Gasteiger partial charge in [-0.05, 0) is 31.6 Å². The number of hydrogen-bond acceptors (Lipinski definition) is 4. The van der Waals surface area contributed by atoms with Gasteiger partial charge in [0.2, 0.25) is 5.89 Å². The largest absolute Gasteiger partial charge is 0.338 e. The fourth-order valence-corrected chi connectivity index (χ4v) is 2.41. The highest BCUT2D eigenvalue weighted by Crippen LogP contribution is 2.46. The predicted molar refractivity (Wildman–Crippen MR) is 55.9 cm³/mol. The van der Waals surface area contributed by atoms with E-state index in [2.05, 4.69) is 15.5 Å². The molecule has 0 amide bonds. The fraction of sp³-hybridized carbons (Fsp3) is 0.800. The van der Waals surface area contributed by atoms with Crippen molar-refractivity contribution in [2.75, 3.05) is 0 Å². The lowest BCUT2D eigenvalue weighted by Gasteiger charge is -2.05. The third-order valence-electron chi connectivity index (χ3n) is 3.57. The van der Waals surface area contributed by atoms with Gasteiger partial charge >= 0.3 is 0 Å². The van der Waals surface area contributed by atoms with Gasteiger partial charge < -0.3 is 9.84 Å². The lowest BCUT2D eigenvalue weighted by atomic mass is 10.2. The Bertz CT molecular complexity index is 366. The van der Waals surface area contributed by atoms with E-state index >= 15 is 0 Å². The van der Waals surface area contributed by atoms with E-state index in [0.29, 0.717) is 12.0 Å². The van der Waals surface area contributed by atoms with Gasteiger partial charge in [0, 0.05) is 12.0 Å². The minimum atomic E-state index is 0. The van der Waals surface area contributed by atoms with Gasteiger partial charge in [0.15, 0.2) is 5.82 Å². The molecule has 0 unspecified atom stereocenters. The Hall–Kier alpha value is -0.610. The monoisotopic (exact) mass is 227 g/mol. The molecule has 0 spiro atoms. The number of rotatable bonds is 2. The summed E-state index contributed by atoms with van der Waals surface area (Å²) in [4.78, 5) is 4.47. The molecule has 2 aliphatic carbocycles. The zero-order valence-corrected chi connectivity index (χ0v) is 9.17. The standard InChI is InChI=1S/C10H13N3O.ClH/c1-2-5(1)9-12-10(14-13-9)8-4-6-3-7(6)11-8;/h5-8,11H,1-4H2;1H/t6-,7-,8+;/m1./s1. The van der Waals surface area contributed by atoms with Crippen molar-refractivity contribution in [1.29, 1.82) is 0 Å². The summed E-state index contributed by atoms with van der Waals surface area (Å²) in [5.41, 5.74) is 0. The van der Waals surface area contributed by atoms with Crippen molar-refractivity contribution in [3.05, 3.63) is 11.7 Å². The third kappa shape index (κ3) is 1.56. The highest BCUT2D eigenvalue weighted by molar-refractivity contribution is 5.85. The zero-order valence-electron chi connectivity index (χ0n) is 8.35. The maximum Gasteiger partial charge on any atom is 0.243 e. The summed E-state index contributed by atoms with van der Waals surface area (Å²) in [7, 11) is 0. The van der Waals surface area contributed by atoms with Crippen molar-refractivity contribution in [3.63, 3.8) is 0 Å². The van der Waals surface area contributed by atoms with Crippen LogP contribution in [-0.2, 0) is 0 Å². The Labute approximate surface area is 94.2 Å². The molecule has 2 saturated carbocycles. The number of aromatic nitrogens is 2. The van der Waals surface area contributed by atoms with Crippen molar-refractivity contribution in [2.24, 2.45) is 5.92 Å². The van der Waals surface area contributed by atoms with E-state index in [4.69, 9.17) is 4.52 Å². The molecule has 1 saturated heterocycles. The van der Waals surface area contributed by atoms with Crippen molar-refractivity contribution in [1.82, 2.24) is 15.5 Å². The van der Waals surface area contributed by atoms with E-state index in [1.807, 2.05) is 0 Å². The topological polar surface area (TPSA) is 51.0 Å². The summed E-state index contributed by atoms with van der Waals surface area (Å²) in [6.45, 7) is 0. The van der Waals surface area contributed by atoms with Crippen LogP contribution in [0.3, 0.4) is 0 Å². The first-order chi connectivity index (χ1) is 6.90. The number of nitrogens with one attached hydrogen (secondary N) is 1.